The summed E-state index contributed by atoms with van der Waals surface area (Å²) in [6, 6.07) is 8.92. The van der Waals surface area contributed by atoms with E-state index in [1.165, 1.54) is 6.92 Å². The molecule has 1 heterocycles. The van der Waals surface area contributed by atoms with E-state index in [0.29, 0.717) is 17.9 Å². The predicted molar refractivity (Wildman–Crippen MR) is 120 cm³/mol. The highest BCUT2D eigenvalue weighted by molar-refractivity contribution is 6.05. The Morgan fingerprint density at radius 2 is 1.83 bits per heavy atom. The van der Waals surface area contributed by atoms with Gasteiger partial charge >= 0.3 is 0 Å². The van der Waals surface area contributed by atoms with Gasteiger partial charge in [-0.1, -0.05) is 12.1 Å². The zero-order chi connectivity index (χ0) is 22.0. The van der Waals surface area contributed by atoms with Crippen LogP contribution in [0.4, 0.5) is 5.69 Å². The highest BCUT2D eigenvalue weighted by Gasteiger charge is 2.19. The molecule has 0 bridgehead atoms. The summed E-state index contributed by atoms with van der Waals surface area (Å²) in [4.78, 5) is 24.2. The van der Waals surface area contributed by atoms with E-state index in [-0.39, 0.29) is 11.7 Å². The number of hydrogen-bond acceptors (Lipinski definition) is 4. The largest absolute Gasteiger partial charge is 0.493 e. The highest BCUT2D eigenvalue weighted by atomic mass is 16.5. The summed E-state index contributed by atoms with van der Waals surface area (Å²) in [7, 11) is 0. The fraction of sp³-hybridized carbons (Fsp3) is 0.280. The van der Waals surface area contributed by atoms with Gasteiger partial charge in [-0.3, -0.25) is 9.59 Å². The number of fused-ring (bicyclic) bond motifs is 1. The maximum absolute atomic E-state index is 12.6. The molecule has 0 atom stereocenters. The SMILES string of the molecule is CCOc1c(/C(C)=C/C(=O)Nc2cccc(C(C)=O)c2)cc2c(C)c(C)oc2c1C. The standard InChI is InChI=1S/C25H27NO4/c1-7-29-24-16(4)25-22(15(3)18(6)30-25)13-21(24)14(2)11-23(28)26-20-10-8-9-19(12-20)17(5)27/h8-13H,7H2,1-6H3,(H,26,28)/b14-11+. The van der Waals surface area contributed by atoms with E-state index in [0.717, 1.165) is 44.7 Å². The minimum Gasteiger partial charge on any atom is -0.493 e. The third kappa shape index (κ3) is 4.15. The van der Waals surface area contributed by atoms with Crippen LogP contribution in [0.25, 0.3) is 16.5 Å². The molecule has 1 N–H and O–H groups in total. The molecule has 0 saturated carbocycles. The van der Waals surface area contributed by atoms with E-state index in [1.807, 2.05) is 40.7 Å². The maximum atomic E-state index is 12.6. The van der Waals surface area contributed by atoms with Crippen molar-refractivity contribution in [1.29, 1.82) is 0 Å². The van der Waals surface area contributed by atoms with Gasteiger partial charge in [-0.15, -0.1) is 0 Å². The zero-order valence-electron chi connectivity index (χ0n) is 18.3. The van der Waals surface area contributed by atoms with Gasteiger partial charge in [0.15, 0.2) is 5.78 Å². The Morgan fingerprint density at radius 3 is 2.50 bits per heavy atom. The van der Waals surface area contributed by atoms with E-state index in [2.05, 4.69) is 5.32 Å². The molecule has 0 aliphatic carbocycles. The van der Waals surface area contributed by atoms with Crippen molar-refractivity contribution in [2.45, 2.75) is 41.5 Å². The first-order valence-corrected chi connectivity index (χ1v) is 9.99. The van der Waals surface area contributed by atoms with Gasteiger partial charge in [0, 0.05) is 33.8 Å². The van der Waals surface area contributed by atoms with Gasteiger partial charge in [0.2, 0.25) is 5.91 Å². The number of anilines is 1. The molecule has 3 rings (SSSR count). The molecule has 156 valence electrons. The van der Waals surface area contributed by atoms with Crippen molar-refractivity contribution >= 4 is 33.9 Å². The summed E-state index contributed by atoms with van der Waals surface area (Å²) in [5.74, 6) is 1.28. The van der Waals surface area contributed by atoms with Crippen molar-refractivity contribution in [1.82, 2.24) is 0 Å². The summed E-state index contributed by atoms with van der Waals surface area (Å²) < 4.78 is 11.9. The Bertz CT molecular complexity index is 1170. The Labute approximate surface area is 176 Å². The summed E-state index contributed by atoms with van der Waals surface area (Å²) in [5, 5.41) is 3.85. The minimum atomic E-state index is -0.270. The van der Waals surface area contributed by atoms with E-state index in [4.69, 9.17) is 9.15 Å². The monoisotopic (exact) mass is 405 g/mol. The fourth-order valence-corrected chi connectivity index (χ4v) is 3.50. The Kier molecular flexibility index (Phi) is 6.11. The molecule has 1 aromatic heterocycles. The van der Waals surface area contributed by atoms with Gasteiger partial charge in [0.1, 0.15) is 17.1 Å². The number of allylic oxidation sites excluding steroid dienone is 1. The third-order valence-corrected chi connectivity index (χ3v) is 5.24. The predicted octanol–water partition coefficient (Wildman–Crippen LogP) is 6.00. The molecular formula is C25H27NO4. The molecule has 0 fully saturated rings. The quantitative estimate of drug-likeness (QED) is 0.403. The minimum absolute atomic E-state index is 0.0475. The molecule has 0 saturated heterocycles. The number of nitrogens with one attached hydrogen (secondary N) is 1. The van der Waals surface area contributed by atoms with Crippen LogP contribution in [0.5, 0.6) is 5.75 Å². The van der Waals surface area contributed by atoms with Crippen LogP contribution in [-0.4, -0.2) is 18.3 Å². The number of furan rings is 1. The normalized spacial score (nSPS) is 11.6. The van der Waals surface area contributed by atoms with Gasteiger partial charge in [0.25, 0.3) is 0 Å². The van der Waals surface area contributed by atoms with Crippen molar-refractivity contribution in [3.8, 4) is 5.75 Å². The lowest BCUT2D eigenvalue weighted by atomic mass is 9.98. The number of carbonyl (C=O) groups excluding carboxylic acids is 2. The van der Waals surface area contributed by atoms with Gasteiger partial charge in [-0.05, 0) is 70.9 Å². The second kappa shape index (κ2) is 8.57. The first-order chi connectivity index (χ1) is 14.2. The second-order valence-electron chi connectivity index (χ2n) is 7.42. The number of rotatable bonds is 6. The molecule has 0 aliphatic rings. The summed E-state index contributed by atoms with van der Waals surface area (Å²) in [5.41, 5.74) is 5.59. The first-order valence-electron chi connectivity index (χ1n) is 9.99. The van der Waals surface area contributed by atoms with Crippen LogP contribution in [0.2, 0.25) is 0 Å². The molecule has 0 aliphatic heterocycles. The van der Waals surface area contributed by atoms with Crippen LogP contribution in [0.3, 0.4) is 0 Å². The fourth-order valence-electron chi connectivity index (χ4n) is 3.50. The van der Waals surface area contributed by atoms with E-state index < -0.39 is 0 Å². The zero-order valence-corrected chi connectivity index (χ0v) is 18.3. The number of hydrogen-bond donors (Lipinski definition) is 1. The van der Waals surface area contributed by atoms with Crippen molar-refractivity contribution < 1.29 is 18.7 Å². The smallest absolute Gasteiger partial charge is 0.248 e. The topological polar surface area (TPSA) is 68.5 Å². The van der Waals surface area contributed by atoms with E-state index in [1.54, 1.807) is 30.3 Å². The van der Waals surface area contributed by atoms with Crippen LogP contribution in [0.15, 0.2) is 40.8 Å². The average Bonchev–Trinajstić information content (AvgIpc) is 2.98. The molecule has 0 radical (unpaired) electrons. The van der Waals surface area contributed by atoms with Crippen LogP contribution in [0, 0.1) is 20.8 Å². The lowest BCUT2D eigenvalue weighted by molar-refractivity contribution is -0.111. The number of benzene rings is 2. The van der Waals surface area contributed by atoms with Crippen LogP contribution in [0.1, 0.15) is 53.6 Å². The lowest BCUT2D eigenvalue weighted by Gasteiger charge is -2.14. The van der Waals surface area contributed by atoms with Gasteiger partial charge < -0.3 is 14.5 Å². The highest BCUT2D eigenvalue weighted by Crippen LogP contribution is 2.38. The molecule has 5 heteroatoms. The molecule has 1 amide bonds. The van der Waals surface area contributed by atoms with Gasteiger partial charge in [-0.2, -0.15) is 0 Å². The average molecular weight is 405 g/mol. The van der Waals surface area contributed by atoms with Gasteiger partial charge in [0.05, 0.1) is 6.61 Å². The number of amides is 1. The lowest BCUT2D eigenvalue weighted by Crippen LogP contribution is -2.09. The summed E-state index contributed by atoms with van der Waals surface area (Å²) in [6.45, 7) is 11.8. The van der Waals surface area contributed by atoms with Crippen LogP contribution >= 0.6 is 0 Å². The molecule has 2 aromatic carbocycles. The van der Waals surface area contributed by atoms with Crippen LogP contribution in [-0.2, 0) is 4.79 Å². The van der Waals surface area contributed by atoms with Crippen molar-refractivity contribution in [3.05, 3.63) is 64.4 Å². The number of ether oxygens (including phenoxy) is 1. The summed E-state index contributed by atoms with van der Waals surface area (Å²) in [6.07, 6.45) is 1.55. The number of aryl methyl sites for hydroxylation is 3. The van der Waals surface area contributed by atoms with E-state index in [9.17, 15) is 9.59 Å². The Balaban J connectivity index is 1.99. The summed E-state index contributed by atoms with van der Waals surface area (Å²) >= 11 is 0. The van der Waals surface area contributed by atoms with Crippen LogP contribution < -0.4 is 10.1 Å². The molecule has 0 unspecified atom stereocenters. The number of Topliss-reactive ketones (excluding diaryl/α,β-unsaturated/α-hetero) is 1. The molecule has 30 heavy (non-hydrogen) atoms. The van der Waals surface area contributed by atoms with Crippen molar-refractivity contribution in [2.24, 2.45) is 0 Å². The van der Waals surface area contributed by atoms with Crippen molar-refractivity contribution in [3.63, 3.8) is 0 Å². The second-order valence-corrected chi connectivity index (χ2v) is 7.42. The third-order valence-electron chi connectivity index (χ3n) is 5.24. The first kappa shape index (κ1) is 21.4. The number of carbonyl (C=O) groups is 2. The molecule has 0 spiro atoms. The molecule has 5 nitrogen and oxygen atoms in total. The number of ketones is 1. The van der Waals surface area contributed by atoms with Crippen molar-refractivity contribution in [2.75, 3.05) is 11.9 Å². The molecular weight excluding hydrogens is 378 g/mol. The molecule has 3 aromatic rings. The van der Waals surface area contributed by atoms with E-state index >= 15 is 0 Å². The Morgan fingerprint density at radius 1 is 1.10 bits per heavy atom. The Hall–Kier alpha value is -3.34. The van der Waals surface area contributed by atoms with Gasteiger partial charge in [-0.25, -0.2) is 0 Å². The maximum Gasteiger partial charge on any atom is 0.248 e.